The van der Waals surface area contributed by atoms with Crippen molar-refractivity contribution < 1.29 is 32.9 Å². The number of pyridine rings is 1. The molecule has 0 spiro atoms. The molecule has 2 atom stereocenters. The van der Waals surface area contributed by atoms with E-state index in [-0.39, 0.29) is 11.5 Å². The van der Waals surface area contributed by atoms with Gasteiger partial charge in [-0.3, -0.25) is 4.98 Å². The third kappa shape index (κ3) is 4.49. The Balaban J connectivity index is 1.51. The van der Waals surface area contributed by atoms with E-state index in [9.17, 15) is 18.3 Å². The number of anilines is 1. The van der Waals surface area contributed by atoms with Crippen LogP contribution < -0.4 is 14.4 Å². The minimum atomic E-state index is -4.77. The first kappa shape index (κ1) is 22.7. The summed E-state index contributed by atoms with van der Waals surface area (Å²) in [6, 6.07) is 10.1. The topological polar surface area (TPSA) is 75.1 Å². The van der Waals surface area contributed by atoms with Crippen molar-refractivity contribution in [1.29, 1.82) is 0 Å². The van der Waals surface area contributed by atoms with E-state index in [1.54, 1.807) is 29.3 Å². The molecule has 4 rings (SSSR count). The molecular formula is C21H18ClF3N2O4S. The molecule has 0 fully saturated rings. The van der Waals surface area contributed by atoms with E-state index < -0.39 is 25.1 Å². The molecule has 0 saturated heterocycles. The second-order valence-corrected chi connectivity index (χ2v) is 8.59. The molecule has 3 heterocycles. The summed E-state index contributed by atoms with van der Waals surface area (Å²) in [7, 11) is 1.36. The lowest BCUT2D eigenvalue weighted by Crippen LogP contribution is -2.34. The van der Waals surface area contributed by atoms with E-state index in [1.807, 2.05) is 12.1 Å². The lowest BCUT2D eigenvalue weighted by molar-refractivity contribution is -0.210. The molecule has 2 unspecified atom stereocenters. The SMILES string of the molecule is COc1cc(N2Cc3cc(-c4ccc(Cl)cn4)sc3C2O)ccc1OCC(O)C(F)(F)F. The molecule has 170 valence electrons. The van der Waals surface area contributed by atoms with Crippen LogP contribution in [0.15, 0.2) is 42.6 Å². The Morgan fingerprint density at radius 1 is 1.25 bits per heavy atom. The summed E-state index contributed by atoms with van der Waals surface area (Å²) in [6.45, 7) is -0.527. The van der Waals surface area contributed by atoms with Crippen LogP contribution in [-0.2, 0) is 6.54 Å². The molecular weight excluding hydrogens is 469 g/mol. The minimum Gasteiger partial charge on any atom is -0.493 e. The van der Waals surface area contributed by atoms with Gasteiger partial charge in [0.15, 0.2) is 23.8 Å². The third-order valence-electron chi connectivity index (χ3n) is 4.95. The second-order valence-electron chi connectivity index (χ2n) is 7.07. The molecule has 0 aliphatic carbocycles. The summed E-state index contributed by atoms with van der Waals surface area (Å²) in [5.41, 5.74) is 2.31. The van der Waals surface area contributed by atoms with Gasteiger partial charge in [-0.05, 0) is 35.9 Å². The zero-order chi connectivity index (χ0) is 23.0. The summed E-state index contributed by atoms with van der Waals surface area (Å²) in [4.78, 5) is 7.73. The lowest BCUT2D eigenvalue weighted by Gasteiger charge is -2.24. The van der Waals surface area contributed by atoms with Crippen molar-refractivity contribution in [1.82, 2.24) is 4.98 Å². The number of alkyl halides is 3. The largest absolute Gasteiger partial charge is 0.493 e. The molecule has 3 aromatic rings. The average Bonchev–Trinajstić information content (AvgIpc) is 3.31. The van der Waals surface area contributed by atoms with E-state index in [2.05, 4.69) is 4.98 Å². The van der Waals surface area contributed by atoms with Gasteiger partial charge in [-0.1, -0.05) is 11.6 Å². The lowest BCUT2D eigenvalue weighted by atomic mass is 10.2. The Morgan fingerprint density at radius 3 is 2.66 bits per heavy atom. The standard InChI is InChI=1S/C21H18ClF3N2O4S/c1-30-16-7-13(3-5-15(16)31-10-18(28)21(23,24)25)27-9-11-6-17(32-19(11)20(27)29)14-4-2-12(22)8-26-14/h2-8,18,20,28-29H,9-10H2,1H3. The normalized spacial score (nSPS) is 16.7. The number of aliphatic hydroxyl groups excluding tert-OH is 2. The van der Waals surface area contributed by atoms with Crippen LogP contribution in [0, 0.1) is 0 Å². The number of nitrogens with zero attached hydrogens (tertiary/aromatic N) is 2. The van der Waals surface area contributed by atoms with Gasteiger partial charge in [-0.15, -0.1) is 11.3 Å². The maximum absolute atomic E-state index is 12.5. The summed E-state index contributed by atoms with van der Waals surface area (Å²) < 4.78 is 47.8. The van der Waals surface area contributed by atoms with Gasteiger partial charge in [0.2, 0.25) is 0 Å². The summed E-state index contributed by atoms with van der Waals surface area (Å²) in [5, 5.41) is 20.5. The number of hydrogen-bond acceptors (Lipinski definition) is 7. The van der Waals surface area contributed by atoms with Gasteiger partial charge < -0.3 is 24.6 Å². The number of methoxy groups -OCH3 is 1. The maximum atomic E-state index is 12.5. The molecule has 0 amide bonds. The quantitative estimate of drug-likeness (QED) is 0.522. The molecule has 1 aliphatic rings. The number of aliphatic hydroxyl groups is 2. The number of thiophene rings is 1. The zero-order valence-electron chi connectivity index (χ0n) is 16.6. The van der Waals surface area contributed by atoms with Crippen LogP contribution in [0.2, 0.25) is 5.02 Å². The van der Waals surface area contributed by atoms with Crippen molar-refractivity contribution in [2.45, 2.75) is 25.1 Å². The Kier molecular flexibility index (Phi) is 6.22. The first-order valence-corrected chi connectivity index (χ1v) is 10.6. The smallest absolute Gasteiger partial charge is 0.417 e. The van der Waals surface area contributed by atoms with Crippen molar-refractivity contribution in [3.05, 3.63) is 58.1 Å². The first-order valence-electron chi connectivity index (χ1n) is 9.42. The summed E-state index contributed by atoms with van der Waals surface area (Å²) in [5.74, 6) is 0.240. The molecule has 2 N–H and O–H groups in total. The van der Waals surface area contributed by atoms with Gasteiger partial charge in [0.25, 0.3) is 0 Å². The predicted octanol–water partition coefficient (Wildman–Crippen LogP) is 4.79. The fourth-order valence-electron chi connectivity index (χ4n) is 3.29. The summed E-state index contributed by atoms with van der Waals surface area (Å²) in [6.07, 6.45) is -6.72. The van der Waals surface area contributed by atoms with Crippen molar-refractivity contribution in [2.75, 3.05) is 18.6 Å². The maximum Gasteiger partial charge on any atom is 0.417 e. The van der Waals surface area contributed by atoms with Crippen LogP contribution in [0.25, 0.3) is 10.6 Å². The highest BCUT2D eigenvalue weighted by Gasteiger charge is 2.39. The number of halogens is 4. The highest BCUT2D eigenvalue weighted by atomic mass is 35.5. The second kappa shape index (κ2) is 8.78. The van der Waals surface area contributed by atoms with Crippen molar-refractivity contribution >= 4 is 28.6 Å². The molecule has 11 heteroatoms. The first-order chi connectivity index (χ1) is 15.2. The number of hydrogen-bond donors (Lipinski definition) is 2. The van der Waals surface area contributed by atoms with E-state index in [0.29, 0.717) is 17.3 Å². The molecule has 1 aliphatic heterocycles. The fourth-order valence-corrected chi connectivity index (χ4v) is 4.56. The molecule has 0 saturated carbocycles. The Labute approximate surface area is 190 Å². The minimum absolute atomic E-state index is 0.0547. The fraction of sp³-hybridized carbons (Fsp3) is 0.286. The number of ether oxygens (including phenoxy) is 2. The number of fused-ring (bicyclic) bond motifs is 1. The molecule has 1 aromatic carbocycles. The van der Waals surface area contributed by atoms with E-state index in [1.165, 1.54) is 24.5 Å². The Bertz CT molecular complexity index is 1110. The highest BCUT2D eigenvalue weighted by molar-refractivity contribution is 7.15. The van der Waals surface area contributed by atoms with E-state index >= 15 is 0 Å². The van der Waals surface area contributed by atoms with Gasteiger partial charge >= 0.3 is 6.18 Å². The van der Waals surface area contributed by atoms with Crippen molar-refractivity contribution in [3.63, 3.8) is 0 Å². The molecule has 0 radical (unpaired) electrons. The van der Waals surface area contributed by atoms with Gasteiger partial charge in [-0.2, -0.15) is 13.2 Å². The molecule has 2 aromatic heterocycles. The van der Waals surface area contributed by atoms with Crippen LogP contribution in [0.5, 0.6) is 11.5 Å². The van der Waals surface area contributed by atoms with Crippen LogP contribution >= 0.6 is 22.9 Å². The highest BCUT2D eigenvalue weighted by Crippen LogP contribution is 2.45. The number of benzene rings is 1. The van der Waals surface area contributed by atoms with Gasteiger partial charge in [0, 0.05) is 24.5 Å². The molecule has 32 heavy (non-hydrogen) atoms. The van der Waals surface area contributed by atoms with Crippen molar-refractivity contribution in [2.24, 2.45) is 0 Å². The Hall–Kier alpha value is -2.53. The molecule has 0 bridgehead atoms. The van der Waals surface area contributed by atoms with E-state index in [0.717, 1.165) is 21.0 Å². The molecule has 6 nitrogen and oxygen atoms in total. The van der Waals surface area contributed by atoms with Crippen LogP contribution in [0.3, 0.4) is 0 Å². The van der Waals surface area contributed by atoms with Crippen molar-refractivity contribution in [3.8, 4) is 22.1 Å². The van der Waals surface area contributed by atoms with Gasteiger partial charge in [0.05, 0.1) is 27.6 Å². The van der Waals surface area contributed by atoms with Crippen LogP contribution in [0.1, 0.15) is 16.7 Å². The summed E-state index contributed by atoms with van der Waals surface area (Å²) >= 11 is 7.31. The van der Waals surface area contributed by atoms with Crippen LogP contribution in [-0.4, -0.2) is 41.2 Å². The number of aromatic nitrogens is 1. The zero-order valence-corrected chi connectivity index (χ0v) is 18.2. The average molecular weight is 487 g/mol. The van der Waals surface area contributed by atoms with Crippen LogP contribution in [0.4, 0.5) is 18.9 Å². The van der Waals surface area contributed by atoms with Gasteiger partial charge in [-0.25, -0.2) is 0 Å². The third-order valence-corrected chi connectivity index (χ3v) is 6.41. The predicted molar refractivity (Wildman–Crippen MR) is 114 cm³/mol. The van der Waals surface area contributed by atoms with Gasteiger partial charge in [0.1, 0.15) is 6.61 Å². The van der Waals surface area contributed by atoms with E-state index in [4.69, 9.17) is 26.2 Å². The monoisotopic (exact) mass is 486 g/mol. The number of rotatable bonds is 6. The Morgan fingerprint density at radius 2 is 2.03 bits per heavy atom.